The lowest BCUT2D eigenvalue weighted by Crippen LogP contribution is -2.27. The molecule has 0 fully saturated rings. The van der Waals surface area contributed by atoms with Crippen LogP contribution in [-0.4, -0.2) is 24.5 Å². The molecular weight excluding hydrogens is 232 g/mol. The Bertz CT molecular complexity index is 489. The normalized spacial score (nSPS) is 13.5. The maximum Gasteiger partial charge on any atom is 0.412 e. The maximum absolute atomic E-state index is 11.6. The van der Waals surface area contributed by atoms with Crippen molar-refractivity contribution in [3.8, 4) is 5.75 Å². The van der Waals surface area contributed by atoms with Crippen LogP contribution in [0.5, 0.6) is 5.75 Å². The van der Waals surface area contributed by atoms with Crippen LogP contribution in [0.1, 0.15) is 20.8 Å². The Morgan fingerprint density at radius 3 is 2.94 bits per heavy atom. The number of rotatable bonds is 1. The predicted octanol–water partition coefficient (Wildman–Crippen LogP) is 3.13. The van der Waals surface area contributed by atoms with Crippen LogP contribution >= 0.6 is 0 Å². The summed E-state index contributed by atoms with van der Waals surface area (Å²) in [6.07, 6.45) is 1.21. The van der Waals surface area contributed by atoms with Gasteiger partial charge in [0.1, 0.15) is 23.6 Å². The van der Waals surface area contributed by atoms with Crippen molar-refractivity contribution in [2.24, 2.45) is 4.99 Å². The van der Waals surface area contributed by atoms with E-state index in [1.54, 1.807) is 24.4 Å². The van der Waals surface area contributed by atoms with E-state index in [-0.39, 0.29) is 0 Å². The van der Waals surface area contributed by atoms with Crippen molar-refractivity contribution in [1.82, 2.24) is 0 Å². The number of benzene rings is 1. The zero-order valence-electron chi connectivity index (χ0n) is 10.7. The van der Waals surface area contributed by atoms with Gasteiger partial charge < -0.3 is 9.47 Å². The van der Waals surface area contributed by atoms with E-state index in [1.807, 2.05) is 20.8 Å². The number of aliphatic imine (C=N–C) groups is 1. The number of fused-ring (bicyclic) bond motifs is 1. The Labute approximate surface area is 106 Å². The van der Waals surface area contributed by atoms with Crippen LogP contribution < -0.4 is 10.1 Å². The number of nitrogens with one attached hydrogen (secondary N) is 1. The van der Waals surface area contributed by atoms with E-state index in [0.717, 1.165) is 5.69 Å². The lowest BCUT2D eigenvalue weighted by Gasteiger charge is -2.20. The Kier molecular flexibility index (Phi) is 3.23. The minimum absolute atomic E-state index is 0.447. The van der Waals surface area contributed by atoms with E-state index in [1.165, 1.54) is 0 Å². The third-order valence-electron chi connectivity index (χ3n) is 2.15. The molecule has 1 aliphatic heterocycles. The van der Waals surface area contributed by atoms with Gasteiger partial charge in [-0.15, -0.1) is 0 Å². The molecular formula is C13H16N2O3. The maximum atomic E-state index is 11.6. The van der Waals surface area contributed by atoms with Gasteiger partial charge in [0.15, 0.2) is 0 Å². The highest BCUT2D eigenvalue weighted by Gasteiger charge is 2.17. The molecule has 5 nitrogen and oxygen atoms in total. The third-order valence-corrected chi connectivity index (χ3v) is 2.15. The Hall–Kier alpha value is -2.04. The first-order chi connectivity index (χ1) is 8.44. The summed E-state index contributed by atoms with van der Waals surface area (Å²) in [5.41, 5.74) is 0.870. The van der Waals surface area contributed by atoms with E-state index in [4.69, 9.17) is 9.47 Å². The molecule has 0 atom stereocenters. The molecule has 0 aliphatic carbocycles. The molecule has 1 N–H and O–H groups in total. The van der Waals surface area contributed by atoms with Gasteiger partial charge in [0.25, 0.3) is 0 Å². The largest absolute Gasteiger partial charge is 0.486 e. The third kappa shape index (κ3) is 3.23. The topological polar surface area (TPSA) is 59.9 Å². The summed E-state index contributed by atoms with van der Waals surface area (Å²) >= 11 is 0. The molecule has 1 aromatic carbocycles. The van der Waals surface area contributed by atoms with Crippen LogP contribution in [0, 0.1) is 0 Å². The molecule has 5 heteroatoms. The molecule has 18 heavy (non-hydrogen) atoms. The molecule has 0 radical (unpaired) electrons. The number of hydrogen-bond acceptors (Lipinski definition) is 4. The quantitative estimate of drug-likeness (QED) is 0.830. The predicted molar refractivity (Wildman–Crippen MR) is 69.9 cm³/mol. The number of hydrogen-bond donors (Lipinski definition) is 1. The monoisotopic (exact) mass is 248 g/mol. The first-order valence-electron chi connectivity index (χ1n) is 5.73. The van der Waals surface area contributed by atoms with Crippen molar-refractivity contribution in [2.45, 2.75) is 26.4 Å². The molecule has 1 aliphatic rings. The fourth-order valence-corrected chi connectivity index (χ4v) is 1.50. The average Bonchev–Trinajstić information content (AvgIpc) is 2.26. The minimum atomic E-state index is -0.515. The van der Waals surface area contributed by atoms with Gasteiger partial charge >= 0.3 is 6.09 Å². The van der Waals surface area contributed by atoms with Gasteiger partial charge in [-0.3, -0.25) is 10.3 Å². The molecule has 0 aromatic heterocycles. The Morgan fingerprint density at radius 2 is 2.22 bits per heavy atom. The number of ether oxygens (including phenoxy) is 2. The smallest absolute Gasteiger partial charge is 0.412 e. The summed E-state index contributed by atoms with van der Waals surface area (Å²) in [5, 5.41) is 2.66. The Balaban J connectivity index is 2.06. The molecule has 1 amide bonds. The second kappa shape index (κ2) is 4.68. The highest BCUT2D eigenvalue weighted by molar-refractivity contribution is 5.86. The van der Waals surface area contributed by atoms with Crippen molar-refractivity contribution < 1.29 is 14.3 Å². The van der Waals surface area contributed by atoms with Gasteiger partial charge in [0, 0.05) is 18.0 Å². The Morgan fingerprint density at radius 1 is 1.44 bits per heavy atom. The molecule has 2 rings (SSSR count). The van der Waals surface area contributed by atoms with Crippen LogP contribution in [0.4, 0.5) is 16.2 Å². The molecule has 1 aromatic rings. The SMILES string of the molecule is CC(C)(C)OC(=O)Nc1ccc2c(c1)OCC=N2. The van der Waals surface area contributed by atoms with Crippen molar-refractivity contribution in [2.75, 3.05) is 11.9 Å². The van der Waals surface area contributed by atoms with Crippen molar-refractivity contribution in [3.05, 3.63) is 18.2 Å². The summed E-state index contributed by atoms with van der Waals surface area (Å²) in [6, 6.07) is 5.28. The highest BCUT2D eigenvalue weighted by Crippen LogP contribution is 2.32. The van der Waals surface area contributed by atoms with Crippen molar-refractivity contribution in [3.63, 3.8) is 0 Å². The van der Waals surface area contributed by atoms with Crippen LogP contribution in [-0.2, 0) is 4.74 Å². The van der Waals surface area contributed by atoms with E-state index in [9.17, 15) is 4.79 Å². The molecule has 96 valence electrons. The van der Waals surface area contributed by atoms with E-state index >= 15 is 0 Å². The van der Waals surface area contributed by atoms with Gasteiger partial charge in [0.2, 0.25) is 0 Å². The van der Waals surface area contributed by atoms with Gasteiger partial charge in [-0.05, 0) is 32.9 Å². The lowest BCUT2D eigenvalue weighted by atomic mass is 10.2. The fourth-order valence-electron chi connectivity index (χ4n) is 1.50. The molecule has 0 unspecified atom stereocenters. The first kappa shape index (κ1) is 12.4. The van der Waals surface area contributed by atoms with Crippen molar-refractivity contribution >= 4 is 23.7 Å². The first-order valence-corrected chi connectivity index (χ1v) is 5.73. The van der Waals surface area contributed by atoms with Gasteiger partial charge in [-0.25, -0.2) is 4.79 Å². The van der Waals surface area contributed by atoms with Crippen molar-refractivity contribution in [1.29, 1.82) is 0 Å². The molecule has 0 bridgehead atoms. The van der Waals surface area contributed by atoms with E-state index in [0.29, 0.717) is 18.0 Å². The van der Waals surface area contributed by atoms with Gasteiger partial charge in [0.05, 0.1) is 0 Å². The average molecular weight is 248 g/mol. The molecule has 0 saturated heterocycles. The fraction of sp³-hybridized carbons (Fsp3) is 0.385. The minimum Gasteiger partial charge on any atom is -0.486 e. The second-order valence-corrected chi connectivity index (χ2v) is 4.93. The van der Waals surface area contributed by atoms with E-state index < -0.39 is 11.7 Å². The zero-order valence-corrected chi connectivity index (χ0v) is 10.7. The van der Waals surface area contributed by atoms with Crippen LogP contribution in [0.2, 0.25) is 0 Å². The number of nitrogens with zero attached hydrogens (tertiary/aromatic N) is 1. The summed E-state index contributed by atoms with van der Waals surface area (Å²) in [4.78, 5) is 15.8. The number of anilines is 1. The van der Waals surface area contributed by atoms with Crippen LogP contribution in [0.15, 0.2) is 23.2 Å². The summed E-state index contributed by atoms with van der Waals surface area (Å²) in [5.74, 6) is 0.658. The summed E-state index contributed by atoms with van der Waals surface area (Å²) in [7, 11) is 0. The van der Waals surface area contributed by atoms with Crippen LogP contribution in [0.3, 0.4) is 0 Å². The zero-order chi connectivity index (χ0) is 13.2. The number of carbonyl (C=O) groups excluding carboxylic acids is 1. The van der Waals surface area contributed by atoms with E-state index in [2.05, 4.69) is 10.3 Å². The number of carbonyl (C=O) groups is 1. The highest BCUT2D eigenvalue weighted by atomic mass is 16.6. The molecule has 0 saturated carbocycles. The standard InChI is InChI=1S/C13H16N2O3/c1-13(2,3)18-12(16)15-9-4-5-10-11(8-9)17-7-6-14-10/h4-6,8H,7H2,1-3H3,(H,15,16). The lowest BCUT2D eigenvalue weighted by molar-refractivity contribution is 0.0636. The summed E-state index contributed by atoms with van der Waals surface area (Å²) < 4.78 is 10.6. The van der Waals surface area contributed by atoms with Gasteiger partial charge in [-0.2, -0.15) is 0 Å². The van der Waals surface area contributed by atoms with Gasteiger partial charge in [-0.1, -0.05) is 0 Å². The van der Waals surface area contributed by atoms with Crippen LogP contribution in [0.25, 0.3) is 0 Å². The second-order valence-electron chi connectivity index (χ2n) is 4.93. The summed E-state index contributed by atoms with van der Waals surface area (Å²) in [6.45, 7) is 5.90. The molecule has 1 heterocycles. The molecule has 0 spiro atoms. The number of amides is 1.